The van der Waals surface area contributed by atoms with Gasteiger partial charge in [0.15, 0.2) is 5.06 Å². The third kappa shape index (κ3) is 2.38. The summed E-state index contributed by atoms with van der Waals surface area (Å²) >= 11 is 0.829. The van der Waals surface area contributed by atoms with Crippen LogP contribution in [0.1, 0.15) is 4.88 Å². The van der Waals surface area contributed by atoms with Gasteiger partial charge in [0.2, 0.25) is 0 Å². The van der Waals surface area contributed by atoms with E-state index >= 15 is 0 Å². The maximum Gasteiger partial charge on any atom is 0.534 e. The Kier molecular flexibility index (Phi) is 2.77. The molecule has 8 heteroatoms. The van der Waals surface area contributed by atoms with Crippen molar-refractivity contribution in [3.05, 3.63) is 17.0 Å². The molecule has 1 heterocycles. The Hall–Kier alpha value is -0.760. The summed E-state index contributed by atoms with van der Waals surface area (Å²) in [5.74, 6) is 0. The zero-order valence-corrected chi connectivity index (χ0v) is 8.46. The minimum atomic E-state index is -5.53. The van der Waals surface area contributed by atoms with Crippen LogP contribution in [0.4, 0.5) is 13.2 Å². The predicted molar refractivity (Wildman–Crippen MR) is 44.7 cm³/mol. The fraction of sp³-hybridized carbons (Fsp3) is 0.333. The highest BCUT2D eigenvalue weighted by atomic mass is 32.2. The van der Waals surface area contributed by atoms with Crippen molar-refractivity contribution in [2.24, 2.45) is 0 Å². The zero-order chi connectivity index (χ0) is 11.0. The van der Waals surface area contributed by atoms with E-state index in [0.717, 1.165) is 11.3 Å². The number of aryl methyl sites for hydroxylation is 1. The van der Waals surface area contributed by atoms with E-state index in [-0.39, 0.29) is 5.06 Å². The molecule has 0 bridgehead atoms. The Morgan fingerprint density at radius 3 is 2.29 bits per heavy atom. The summed E-state index contributed by atoms with van der Waals surface area (Å²) in [6.07, 6.45) is 0. The van der Waals surface area contributed by atoms with Crippen LogP contribution in [0.2, 0.25) is 0 Å². The first-order valence-corrected chi connectivity index (χ1v) is 5.52. The number of thiophene rings is 1. The summed E-state index contributed by atoms with van der Waals surface area (Å²) in [6.45, 7) is 1.62. The van der Waals surface area contributed by atoms with Crippen molar-refractivity contribution in [1.82, 2.24) is 0 Å². The molecule has 0 aliphatic rings. The van der Waals surface area contributed by atoms with Crippen molar-refractivity contribution >= 4 is 21.5 Å². The molecule has 0 fully saturated rings. The van der Waals surface area contributed by atoms with Crippen molar-refractivity contribution in [2.75, 3.05) is 0 Å². The molecule has 0 saturated heterocycles. The molecule has 0 spiro atoms. The first-order chi connectivity index (χ1) is 6.22. The van der Waals surface area contributed by atoms with E-state index in [1.165, 1.54) is 12.1 Å². The second-order valence-corrected chi connectivity index (χ2v) is 5.14. The summed E-state index contributed by atoms with van der Waals surface area (Å²) in [4.78, 5) is 0.664. The standard InChI is InChI=1S/C6H5F3O3S2/c1-4-2-3-5(13-4)12-14(10,11)6(7,8)9/h2-3H,1H3. The van der Waals surface area contributed by atoms with Gasteiger partial charge < -0.3 is 4.18 Å². The minimum Gasteiger partial charge on any atom is -0.365 e. The molecule has 80 valence electrons. The summed E-state index contributed by atoms with van der Waals surface area (Å²) in [5, 5.41) is -0.292. The normalized spacial score (nSPS) is 12.9. The molecule has 1 rings (SSSR count). The van der Waals surface area contributed by atoms with Gasteiger partial charge >= 0.3 is 15.6 Å². The van der Waals surface area contributed by atoms with Crippen LogP contribution in [0.15, 0.2) is 12.1 Å². The van der Waals surface area contributed by atoms with Crippen LogP contribution in [0.5, 0.6) is 5.06 Å². The van der Waals surface area contributed by atoms with Gasteiger partial charge in [-0.15, -0.1) is 11.3 Å². The van der Waals surface area contributed by atoms with Crippen molar-refractivity contribution in [1.29, 1.82) is 0 Å². The van der Waals surface area contributed by atoms with Gasteiger partial charge in [-0.1, -0.05) is 0 Å². The SMILES string of the molecule is Cc1ccc(OS(=O)(=O)C(F)(F)F)s1. The van der Waals surface area contributed by atoms with Crippen LogP contribution >= 0.6 is 11.3 Å². The largest absolute Gasteiger partial charge is 0.534 e. The van der Waals surface area contributed by atoms with E-state index in [2.05, 4.69) is 4.18 Å². The molecule has 1 aromatic rings. The third-order valence-corrected chi connectivity index (χ3v) is 3.14. The second kappa shape index (κ2) is 3.43. The van der Waals surface area contributed by atoms with Crippen LogP contribution in [-0.2, 0) is 10.1 Å². The monoisotopic (exact) mass is 246 g/mol. The number of rotatable bonds is 2. The molecule has 0 aromatic carbocycles. The van der Waals surface area contributed by atoms with E-state index in [9.17, 15) is 21.6 Å². The van der Waals surface area contributed by atoms with Gasteiger partial charge in [-0.3, -0.25) is 0 Å². The van der Waals surface area contributed by atoms with Gasteiger partial charge in [-0.05, 0) is 19.1 Å². The lowest BCUT2D eigenvalue weighted by molar-refractivity contribution is -0.0498. The Bertz CT molecular complexity index is 418. The molecule has 0 unspecified atom stereocenters. The summed E-state index contributed by atoms with van der Waals surface area (Å²) in [6, 6.07) is 2.63. The van der Waals surface area contributed by atoms with Crippen molar-refractivity contribution in [2.45, 2.75) is 12.4 Å². The van der Waals surface area contributed by atoms with Crippen LogP contribution in [-0.4, -0.2) is 13.9 Å². The smallest absolute Gasteiger partial charge is 0.365 e. The maximum absolute atomic E-state index is 11.8. The Morgan fingerprint density at radius 2 is 1.93 bits per heavy atom. The fourth-order valence-electron chi connectivity index (χ4n) is 0.612. The second-order valence-electron chi connectivity index (χ2n) is 2.35. The van der Waals surface area contributed by atoms with E-state index in [0.29, 0.717) is 4.88 Å². The quantitative estimate of drug-likeness (QED) is 0.594. The molecule has 0 atom stereocenters. The van der Waals surface area contributed by atoms with E-state index in [4.69, 9.17) is 0 Å². The fourth-order valence-corrected chi connectivity index (χ4v) is 1.97. The molecule has 14 heavy (non-hydrogen) atoms. The average molecular weight is 246 g/mol. The van der Waals surface area contributed by atoms with Crippen LogP contribution < -0.4 is 4.18 Å². The molecule has 0 N–H and O–H groups in total. The van der Waals surface area contributed by atoms with E-state index < -0.39 is 15.6 Å². The first kappa shape index (κ1) is 11.3. The Labute approximate surface area is 82.2 Å². The highest BCUT2D eigenvalue weighted by molar-refractivity contribution is 7.88. The van der Waals surface area contributed by atoms with Crippen molar-refractivity contribution in [3.63, 3.8) is 0 Å². The minimum absolute atomic E-state index is 0.292. The van der Waals surface area contributed by atoms with Crippen LogP contribution in [0, 0.1) is 6.92 Å². The van der Waals surface area contributed by atoms with Gasteiger partial charge in [0.1, 0.15) is 0 Å². The third-order valence-electron chi connectivity index (χ3n) is 1.19. The highest BCUT2D eigenvalue weighted by Crippen LogP contribution is 2.30. The lowest BCUT2D eigenvalue weighted by atomic mass is 10.5. The maximum atomic E-state index is 11.8. The Balaban J connectivity index is 2.90. The number of halogens is 3. The van der Waals surface area contributed by atoms with Gasteiger partial charge in [0, 0.05) is 4.88 Å². The molecular formula is C6H5F3O3S2. The summed E-state index contributed by atoms with van der Waals surface area (Å²) in [7, 11) is -5.53. The van der Waals surface area contributed by atoms with E-state index in [1.807, 2.05) is 0 Å². The van der Waals surface area contributed by atoms with Crippen molar-refractivity contribution < 1.29 is 25.8 Å². The highest BCUT2D eigenvalue weighted by Gasteiger charge is 2.48. The Morgan fingerprint density at radius 1 is 1.36 bits per heavy atom. The summed E-state index contributed by atoms with van der Waals surface area (Å²) < 4.78 is 60.3. The molecule has 1 aromatic heterocycles. The molecular weight excluding hydrogens is 241 g/mol. The van der Waals surface area contributed by atoms with Crippen molar-refractivity contribution in [3.8, 4) is 5.06 Å². The predicted octanol–water partition coefficient (Wildman–Crippen LogP) is 2.28. The molecule has 0 aliphatic heterocycles. The molecule has 0 amide bonds. The van der Waals surface area contributed by atoms with Gasteiger partial charge in [0.25, 0.3) is 0 Å². The lowest BCUT2D eigenvalue weighted by Gasteiger charge is -2.06. The zero-order valence-electron chi connectivity index (χ0n) is 6.83. The number of alkyl halides is 3. The number of hydrogen-bond acceptors (Lipinski definition) is 4. The summed E-state index contributed by atoms with van der Waals surface area (Å²) in [5.41, 5.74) is -5.38. The van der Waals surface area contributed by atoms with E-state index in [1.54, 1.807) is 6.92 Å². The van der Waals surface area contributed by atoms with Gasteiger partial charge in [0.05, 0.1) is 0 Å². The molecule has 3 nitrogen and oxygen atoms in total. The molecule has 0 radical (unpaired) electrons. The van der Waals surface area contributed by atoms with Crippen LogP contribution in [0.3, 0.4) is 0 Å². The molecule has 0 aliphatic carbocycles. The first-order valence-electron chi connectivity index (χ1n) is 3.29. The topological polar surface area (TPSA) is 43.4 Å². The van der Waals surface area contributed by atoms with Crippen LogP contribution in [0.25, 0.3) is 0 Å². The molecule has 0 saturated carbocycles. The van der Waals surface area contributed by atoms with Gasteiger partial charge in [-0.2, -0.15) is 21.6 Å². The van der Waals surface area contributed by atoms with Gasteiger partial charge in [-0.25, -0.2) is 0 Å². The number of hydrogen-bond donors (Lipinski definition) is 0. The lowest BCUT2D eigenvalue weighted by Crippen LogP contribution is -2.27. The average Bonchev–Trinajstić information content (AvgIpc) is 2.31.